The van der Waals surface area contributed by atoms with Crippen molar-refractivity contribution in [3.8, 4) is 11.5 Å². The van der Waals surface area contributed by atoms with Gasteiger partial charge >= 0.3 is 0 Å². The van der Waals surface area contributed by atoms with Crippen molar-refractivity contribution >= 4 is 24.0 Å². The van der Waals surface area contributed by atoms with Crippen LogP contribution in [0.1, 0.15) is 11.5 Å². The van der Waals surface area contributed by atoms with Gasteiger partial charge in [-0.2, -0.15) is 0 Å². The fraction of sp³-hybridized carbons (Fsp3) is 0.182. The molecule has 84 valence electrons. The molecule has 5 heteroatoms. The van der Waals surface area contributed by atoms with Gasteiger partial charge < -0.3 is 9.73 Å². The molecule has 0 spiro atoms. The summed E-state index contributed by atoms with van der Waals surface area (Å²) in [6, 6.07) is 7.50. The van der Waals surface area contributed by atoms with Crippen LogP contribution in [-0.2, 0) is 13.1 Å². The molecular weight excluding hydrogens is 247 g/mol. The normalized spacial score (nSPS) is 13.3. The van der Waals surface area contributed by atoms with E-state index >= 15 is 0 Å². The molecule has 0 amide bonds. The molecule has 1 N–H and O–H groups in total. The molecule has 1 aliphatic rings. The van der Waals surface area contributed by atoms with Crippen LogP contribution in [0, 0.1) is 0 Å². The van der Waals surface area contributed by atoms with Crippen LogP contribution in [0.2, 0.25) is 5.02 Å². The van der Waals surface area contributed by atoms with Gasteiger partial charge in [-0.3, -0.25) is 0 Å². The van der Waals surface area contributed by atoms with Crippen LogP contribution in [0.4, 0.5) is 0 Å². The first-order chi connectivity index (χ1) is 7.33. The van der Waals surface area contributed by atoms with Crippen LogP contribution in [0.3, 0.4) is 0 Å². The zero-order chi connectivity index (χ0) is 10.3. The lowest BCUT2D eigenvalue weighted by Crippen LogP contribution is -2.01. The molecule has 0 saturated heterocycles. The van der Waals surface area contributed by atoms with Gasteiger partial charge in [0.25, 0.3) is 0 Å². The number of benzene rings is 1. The molecule has 1 aromatic heterocycles. The third kappa shape index (κ3) is 1.94. The average molecular weight is 257 g/mol. The number of fused-ring (bicyclic) bond motifs is 1. The van der Waals surface area contributed by atoms with E-state index in [4.69, 9.17) is 16.0 Å². The predicted octanol–water partition coefficient (Wildman–Crippen LogP) is 3.02. The molecule has 3 nitrogen and oxygen atoms in total. The van der Waals surface area contributed by atoms with E-state index in [1.165, 1.54) is 0 Å². The average Bonchev–Trinajstić information content (AvgIpc) is 2.78. The smallest absolute Gasteiger partial charge is 0.226 e. The van der Waals surface area contributed by atoms with E-state index in [1.54, 1.807) is 0 Å². The number of aromatic nitrogens is 1. The Morgan fingerprint density at radius 2 is 1.94 bits per heavy atom. The van der Waals surface area contributed by atoms with E-state index in [-0.39, 0.29) is 12.4 Å². The summed E-state index contributed by atoms with van der Waals surface area (Å²) < 4.78 is 5.64. The molecule has 0 aliphatic carbocycles. The highest BCUT2D eigenvalue weighted by molar-refractivity contribution is 6.30. The van der Waals surface area contributed by atoms with Crippen LogP contribution in [-0.4, -0.2) is 4.98 Å². The predicted molar refractivity (Wildman–Crippen MR) is 64.7 cm³/mol. The maximum Gasteiger partial charge on any atom is 0.226 e. The molecule has 0 radical (unpaired) electrons. The monoisotopic (exact) mass is 256 g/mol. The zero-order valence-corrected chi connectivity index (χ0v) is 9.94. The third-order valence-corrected chi connectivity index (χ3v) is 2.70. The standard InChI is InChI=1S/C11H9ClN2O.ClH/c12-8-3-1-7(2-4-8)11-14-9-5-13-6-10(9)15-11;/h1-4,13H,5-6H2;1H. The summed E-state index contributed by atoms with van der Waals surface area (Å²) >= 11 is 5.81. The minimum atomic E-state index is 0. The van der Waals surface area contributed by atoms with E-state index in [0.29, 0.717) is 5.89 Å². The van der Waals surface area contributed by atoms with Crippen LogP contribution in [0.25, 0.3) is 11.5 Å². The van der Waals surface area contributed by atoms with Crippen molar-refractivity contribution in [2.24, 2.45) is 0 Å². The lowest BCUT2D eigenvalue weighted by Gasteiger charge is -1.96. The highest BCUT2D eigenvalue weighted by atomic mass is 35.5. The number of hydrogen-bond donors (Lipinski definition) is 1. The van der Waals surface area contributed by atoms with Crippen molar-refractivity contribution in [3.63, 3.8) is 0 Å². The van der Waals surface area contributed by atoms with Gasteiger partial charge in [0.2, 0.25) is 5.89 Å². The van der Waals surface area contributed by atoms with Crippen LogP contribution in [0.5, 0.6) is 0 Å². The largest absolute Gasteiger partial charge is 0.439 e. The Morgan fingerprint density at radius 1 is 1.19 bits per heavy atom. The van der Waals surface area contributed by atoms with E-state index < -0.39 is 0 Å². The van der Waals surface area contributed by atoms with Gasteiger partial charge in [0.1, 0.15) is 5.76 Å². The summed E-state index contributed by atoms with van der Waals surface area (Å²) in [5.74, 6) is 1.62. The molecule has 2 aromatic rings. The Hall–Kier alpha value is -1.03. The number of halogens is 2. The highest BCUT2D eigenvalue weighted by Gasteiger charge is 2.18. The molecule has 0 bridgehead atoms. The zero-order valence-electron chi connectivity index (χ0n) is 8.37. The fourth-order valence-corrected chi connectivity index (χ4v) is 1.80. The summed E-state index contributed by atoms with van der Waals surface area (Å²) in [6.45, 7) is 1.57. The Kier molecular flexibility index (Phi) is 3.19. The highest BCUT2D eigenvalue weighted by Crippen LogP contribution is 2.25. The molecule has 2 heterocycles. The quantitative estimate of drug-likeness (QED) is 0.853. The van der Waals surface area contributed by atoms with Gasteiger partial charge in [0.05, 0.1) is 12.2 Å². The van der Waals surface area contributed by atoms with E-state index in [9.17, 15) is 0 Å². The maximum atomic E-state index is 5.81. The number of rotatable bonds is 1. The first kappa shape index (κ1) is 11.5. The van der Waals surface area contributed by atoms with Crippen molar-refractivity contribution in [2.45, 2.75) is 13.1 Å². The number of oxazole rings is 1. The molecule has 3 rings (SSSR count). The van der Waals surface area contributed by atoms with E-state index in [0.717, 1.165) is 35.1 Å². The molecule has 0 fully saturated rings. The maximum absolute atomic E-state index is 5.81. The summed E-state index contributed by atoms with van der Waals surface area (Å²) in [6.07, 6.45) is 0. The van der Waals surface area contributed by atoms with Crippen LogP contribution < -0.4 is 5.32 Å². The number of nitrogens with one attached hydrogen (secondary N) is 1. The molecule has 0 unspecified atom stereocenters. The van der Waals surface area contributed by atoms with Gasteiger partial charge in [-0.25, -0.2) is 4.98 Å². The Morgan fingerprint density at radius 3 is 2.62 bits per heavy atom. The van der Waals surface area contributed by atoms with Crippen molar-refractivity contribution in [2.75, 3.05) is 0 Å². The Balaban J connectivity index is 0.000000963. The van der Waals surface area contributed by atoms with Gasteiger partial charge in [-0.15, -0.1) is 12.4 Å². The molecule has 0 atom stereocenters. The Bertz CT molecular complexity index is 472. The van der Waals surface area contributed by atoms with Crippen LogP contribution >= 0.6 is 24.0 Å². The minimum absolute atomic E-state index is 0. The number of nitrogens with zero attached hydrogens (tertiary/aromatic N) is 1. The molecule has 1 aromatic carbocycles. The SMILES string of the molecule is Cl.Clc1ccc(-c2nc3c(o2)CNC3)cc1. The van der Waals surface area contributed by atoms with Gasteiger partial charge in [0.15, 0.2) is 0 Å². The summed E-state index contributed by atoms with van der Waals surface area (Å²) in [5, 5.41) is 3.90. The van der Waals surface area contributed by atoms with E-state index in [2.05, 4.69) is 10.3 Å². The first-order valence-corrected chi connectivity index (χ1v) is 5.16. The lowest BCUT2D eigenvalue weighted by molar-refractivity contribution is 0.511. The fourth-order valence-electron chi connectivity index (χ4n) is 1.67. The third-order valence-electron chi connectivity index (χ3n) is 2.45. The summed E-state index contributed by atoms with van der Waals surface area (Å²) in [7, 11) is 0. The minimum Gasteiger partial charge on any atom is -0.439 e. The van der Waals surface area contributed by atoms with Crippen molar-refractivity contribution in [1.82, 2.24) is 10.3 Å². The first-order valence-electron chi connectivity index (χ1n) is 4.78. The van der Waals surface area contributed by atoms with Crippen molar-refractivity contribution in [1.29, 1.82) is 0 Å². The molecule has 16 heavy (non-hydrogen) atoms. The second kappa shape index (κ2) is 4.45. The van der Waals surface area contributed by atoms with Gasteiger partial charge in [-0.05, 0) is 24.3 Å². The molecule has 0 saturated carbocycles. The second-order valence-electron chi connectivity index (χ2n) is 3.50. The van der Waals surface area contributed by atoms with E-state index in [1.807, 2.05) is 24.3 Å². The number of hydrogen-bond acceptors (Lipinski definition) is 3. The summed E-state index contributed by atoms with van der Waals surface area (Å²) in [5.41, 5.74) is 1.98. The van der Waals surface area contributed by atoms with Crippen LogP contribution in [0.15, 0.2) is 28.7 Å². The summed E-state index contributed by atoms with van der Waals surface area (Å²) in [4.78, 5) is 4.42. The van der Waals surface area contributed by atoms with Gasteiger partial charge in [0, 0.05) is 17.1 Å². The Labute approximate surface area is 104 Å². The molecular formula is C11H10Cl2N2O. The van der Waals surface area contributed by atoms with Crippen molar-refractivity contribution in [3.05, 3.63) is 40.7 Å². The second-order valence-corrected chi connectivity index (χ2v) is 3.94. The topological polar surface area (TPSA) is 38.1 Å². The lowest BCUT2D eigenvalue weighted by atomic mass is 10.2. The molecule has 1 aliphatic heterocycles. The van der Waals surface area contributed by atoms with Crippen molar-refractivity contribution < 1.29 is 4.42 Å². The van der Waals surface area contributed by atoms with Gasteiger partial charge in [-0.1, -0.05) is 11.6 Å².